The van der Waals surface area contributed by atoms with Gasteiger partial charge in [0.1, 0.15) is 0 Å². The monoisotopic (exact) mass is 310 g/mol. The van der Waals surface area contributed by atoms with Gasteiger partial charge in [0.25, 0.3) is 17.7 Å². The average molecular weight is 310 g/mol. The first-order valence-corrected chi connectivity index (χ1v) is 7.01. The van der Waals surface area contributed by atoms with Crippen molar-refractivity contribution in [2.75, 3.05) is 7.05 Å². The zero-order valence-electron chi connectivity index (χ0n) is 12.6. The zero-order valence-corrected chi connectivity index (χ0v) is 12.6. The minimum absolute atomic E-state index is 0.156. The minimum Gasteiger partial charge on any atom is -0.368 e. The maximum Gasteiger partial charge on any atom is 0.295 e. The molecule has 0 aliphatic carbocycles. The third-order valence-corrected chi connectivity index (χ3v) is 3.56. The molecule has 116 valence electrons. The van der Waals surface area contributed by atoms with Gasteiger partial charge in [0.2, 0.25) is 0 Å². The molecule has 0 saturated carbocycles. The van der Waals surface area contributed by atoms with Gasteiger partial charge in [-0.2, -0.15) is 0 Å². The van der Waals surface area contributed by atoms with Crippen molar-refractivity contribution in [1.29, 1.82) is 0 Å². The highest BCUT2D eigenvalue weighted by molar-refractivity contribution is 6.21. The SMILES string of the molecule is CNC(=O)c1ccc2c(c1)C(=O)N(Oc1ccc(C)cc1)C2=O. The van der Waals surface area contributed by atoms with Crippen LogP contribution >= 0.6 is 0 Å². The van der Waals surface area contributed by atoms with Gasteiger partial charge in [-0.25, -0.2) is 0 Å². The molecule has 0 atom stereocenters. The number of carbonyl (C=O) groups is 3. The molecule has 0 fully saturated rings. The molecule has 0 bridgehead atoms. The molecule has 0 spiro atoms. The van der Waals surface area contributed by atoms with Crippen molar-refractivity contribution < 1.29 is 19.2 Å². The molecule has 0 aromatic heterocycles. The minimum atomic E-state index is -0.587. The van der Waals surface area contributed by atoms with Gasteiger partial charge < -0.3 is 10.2 Å². The van der Waals surface area contributed by atoms with Crippen LogP contribution in [-0.2, 0) is 0 Å². The number of fused-ring (bicyclic) bond motifs is 1. The Balaban J connectivity index is 1.91. The highest BCUT2D eigenvalue weighted by Gasteiger charge is 2.38. The van der Waals surface area contributed by atoms with Gasteiger partial charge in [-0.1, -0.05) is 22.8 Å². The Morgan fingerprint density at radius 1 is 1.00 bits per heavy atom. The average Bonchev–Trinajstić information content (AvgIpc) is 2.80. The molecule has 3 amide bonds. The Hall–Kier alpha value is -3.15. The molecule has 6 nitrogen and oxygen atoms in total. The first kappa shape index (κ1) is 14.8. The summed E-state index contributed by atoms with van der Waals surface area (Å²) in [5, 5.41) is 3.19. The van der Waals surface area contributed by atoms with Gasteiger partial charge in [0.05, 0.1) is 11.1 Å². The lowest BCUT2D eigenvalue weighted by molar-refractivity contribution is -0.0141. The molecule has 1 aliphatic rings. The molecular weight excluding hydrogens is 296 g/mol. The lowest BCUT2D eigenvalue weighted by atomic mass is 10.1. The molecule has 2 aromatic rings. The normalized spacial score (nSPS) is 13.0. The number of benzene rings is 2. The summed E-state index contributed by atoms with van der Waals surface area (Å²) in [5.41, 5.74) is 1.72. The molecule has 1 heterocycles. The molecular formula is C17H14N2O4. The number of hydrogen-bond donors (Lipinski definition) is 1. The number of carbonyl (C=O) groups excluding carboxylic acids is 3. The lowest BCUT2D eigenvalue weighted by Crippen LogP contribution is -2.33. The van der Waals surface area contributed by atoms with Crippen LogP contribution in [-0.4, -0.2) is 29.8 Å². The smallest absolute Gasteiger partial charge is 0.295 e. The summed E-state index contributed by atoms with van der Waals surface area (Å²) < 4.78 is 0. The van der Waals surface area contributed by atoms with Gasteiger partial charge in [0, 0.05) is 12.6 Å². The van der Waals surface area contributed by atoms with Crippen molar-refractivity contribution in [3.05, 3.63) is 64.7 Å². The Bertz CT molecular complexity index is 812. The first-order chi connectivity index (χ1) is 11.0. The van der Waals surface area contributed by atoms with Crippen LogP contribution in [0.2, 0.25) is 0 Å². The maximum atomic E-state index is 12.4. The summed E-state index contributed by atoms with van der Waals surface area (Å²) in [6.45, 7) is 1.92. The van der Waals surface area contributed by atoms with Crippen LogP contribution in [0.1, 0.15) is 36.6 Å². The second-order valence-corrected chi connectivity index (χ2v) is 5.15. The molecule has 6 heteroatoms. The maximum absolute atomic E-state index is 12.4. The molecule has 3 rings (SSSR count). The number of nitrogens with zero attached hydrogens (tertiary/aromatic N) is 1. The van der Waals surface area contributed by atoms with E-state index in [0.29, 0.717) is 16.4 Å². The van der Waals surface area contributed by atoms with E-state index >= 15 is 0 Å². The third kappa shape index (κ3) is 2.55. The van der Waals surface area contributed by atoms with Gasteiger partial charge in [0.15, 0.2) is 5.75 Å². The fourth-order valence-corrected chi connectivity index (χ4v) is 2.29. The number of hydrogen-bond acceptors (Lipinski definition) is 4. The number of imide groups is 1. The van der Waals surface area contributed by atoms with E-state index in [1.54, 1.807) is 12.1 Å². The van der Waals surface area contributed by atoms with E-state index in [0.717, 1.165) is 5.56 Å². The molecule has 0 unspecified atom stereocenters. The Morgan fingerprint density at radius 2 is 1.65 bits per heavy atom. The van der Waals surface area contributed by atoms with Crippen molar-refractivity contribution in [3.63, 3.8) is 0 Å². The summed E-state index contributed by atoms with van der Waals surface area (Å²) in [6, 6.07) is 11.3. The number of rotatable bonds is 3. The van der Waals surface area contributed by atoms with Crippen LogP contribution in [0.3, 0.4) is 0 Å². The number of aryl methyl sites for hydroxylation is 1. The molecule has 2 aromatic carbocycles. The van der Waals surface area contributed by atoms with E-state index < -0.39 is 11.8 Å². The number of nitrogens with one attached hydrogen (secondary N) is 1. The second-order valence-electron chi connectivity index (χ2n) is 5.15. The molecule has 0 radical (unpaired) electrons. The van der Waals surface area contributed by atoms with E-state index in [4.69, 9.17) is 4.84 Å². The summed E-state index contributed by atoms with van der Waals surface area (Å²) >= 11 is 0. The van der Waals surface area contributed by atoms with Gasteiger partial charge in [-0.05, 0) is 37.3 Å². The van der Waals surface area contributed by atoms with Gasteiger partial charge >= 0.3 is 0 Å². The predicted octanol–water partition coefficient (Wildman–Crippen LogP) is 1.94. The highest BCUT2D eigenvalue weighted by atomic mass is 16.7. The van der Waals surface area contributed by atoms with Crippen molar-refractivity contribution >= 4 is 17.7 Å². The van der Waals surface area contributed by atoms with Crippen LogP contribution in [0, 0.1) is 6.92 Å². The van der Waals surface area contributed by atoms with E-state index in [1.165, 1.54) is 25.2 Å². The lowest BCUT2D eigenvalue weighted by Gasteiger charge is -2.14. The van der Waals surface area contributed by atoms with E-state index in [2.05, 4.69) is 5.32 Å². The standard InChI is InChI=1S/C17H14N2O4/c1-10-3-6-12(7-4-10)23-19-16(21)13-8-5-11(15(20)18-2)9-14(13)17(19)22/h3-9H,1-2H3,(H,18,20). The molecule has 23 heavy (non-hydrogen) atoms. The van der Waals surface area contributed by atoms with Gasteiger partial charge in [-0.15, -0.1) is 0 Å². The van der Waals surface area contributed by atoms with Crippen molar-refractivity contribution in [2.45, 2.75) is 6.92 Å². The zero-order chi connectivity index (χ0) is 16.6. The Morgan fingerprint density at radius 3 is 2.30 bits per heavy atom. The summed E-state index contributed by atoms with van der Waals surface area (Å²) in [4.78, 5) is 41.8. The van der Waals surface area contributed by atoms with Gasteiger partial charge in [-0.3, -0.25) is 14.4 Å². The largest absolute Gasteiger partial charge is 0.368 e. The number of amides is 3. The fourth-order valence-electron chi connectivity index (χ4n) is 2.29. The molecule has 1 aliphatic heterocycles. The highest BCUT2D eigenvalue weighted by Crippen LogP contribution is 2.26. The van der Waals surface area contributed by atoms with E-state index in [9.17, 15) is 14.4 Å². The summed E-state index contributed by atoms with van der Waals surface area (Å²) in [7, 11) is 1.50. The quantitative estimate of drug-likeness (QED) is 0.879. The molecule has 0 saturated heterocycles. The van der Waals surface area contributed by atoms with Crippen LogP contribution in [0.4, 0.5) is 0 Å². The Labute approximate surface area is 132 Å². The third-order valence-electron chi connectivity index (χ3n) is 3.56. The molecule has 1 N–H and O–H groups in total. The van der Waals surface area contributed by atoms with Crippen molar-refractivity contribution in [2.24, 2.45) is 0 Å². The van der Waals surface area contributed by atoms with Crippen LogP contribution in [0.25, 0.3) is 0 Å². The first-order valence-electron chi connectivity index (χ1n) is 7.01. The van der Waals surface area contributed by atoms with E-state index in [-0.39, 0.29) is 17.0 Å². The summed E-state index contributed by atoms with van der Waals surface area (Å²) in [5.74, 6) is -1.08. The Kier molecular flexibility index (Phi) is 3.57. The second kappa shape index (κ2) is 5.57. The van der Waals surface area contributed by atoms with Crippen LogP contribution in [0.5, 0.6) is 5.75 Å². The summed E-state index contributed by atoms with van der Waals surface area (Å²) in [6.07, 6.45) is 0. The van der Waals surface area contributed by atoms with Crippen molar-refractivity contribution in [3.8, 4) is 5.75 Å². The van der Waals surface area contributed by atoms with Crippen molar-refractivity contribution in [1.82, 2.24) is 10.4 Å². The van der Waals surface area contributed by atoms with Crippen LogP contribution < -0.4 is 10.2 Å². The number of hydroxylamine groups is 2. The van der Waals surface area contributed by atoms with Crippen LogP contribution in [0.15, 0.2) is 42.5 Å². The fraction of sp³-hybridized carbons (Fsp3) is 0.118. The predicted molar refractivity (Wildman–Crippen MR) is 82.1 cm³/mol. The topological polar surface area (TPSA) is 75.7 Å². The van der Waals surface area contributed by atoms with E-state index in [1.807, 2.05) is 19.1 Å².